The topological polar surface area (TPSA) is 18.5 Å². The van der Waals surface area contributed by atoms with Gasteiger partial charge in [-0.2, -0.15) is 12.2 Å². The maximum atomic E-state index is 5.76. The molecule has 0 spiro atoms. The largest absolute Gasteiger partial charge is 0.418 e. The molecule has 2 aliphatic carbocycles. The second-order valence-corrected chi connectivity index (χ2v) is 19.5. The summed E-state index contributed by atoms with van der Waals surface area (Å²) >= 11 is 1.51. The van der Waals surface area contributed by atoms with Crippen molar-refractivity contribution in [2.75, 3.05) is 13.2 Å². The Bertz CT molecular complexity index is 527. The minimum Gasteiger partial charge on any atom is -0.418 e. The molecular weight excluding hydrogens is 539 g/mol. The summed E-state index contributed by atoms with van der Waals surface area (Å²) in [4.78, 5) is 0. The maximum Gasteiger partial charge on any atom is 0.183 e. The first-order chi connectivity index (χ1) is 13.6. The van der Waals surface area contributed by atoms with Gasteiger partial charge in [-0.1, -0.05) is 12.8 Å². The quantitative estimate of drug-likeness (QED) is 0.149. The number of hydrogen-bond acceptors (Lipinski definition) is 2. The maximum absolute atomic E-state index is 5.76. The Labute approximate surface area is 222 Å². The van der Waals surface area contributed by atoms with Crippen molar-refractivity contribution in [3.63, 3.8) is 0 Å². The molecule has 0 N–H and O–H groups in total. The van der Waals surface area contributed by atoms with Crippen LogP contribution in [0.15, 0.2) is 35.5 Å². The average molecular weight is 583 g/mol. The molecule has 0 atom stereocenters. The first-order valence-corrected chi connectivity index (χ1v) is 19.1. The van der Waals surface area contributed by atoms with Gasteiger partial charge in [0.05, 0.1) is 0 Å². The molecule has 31 heavy (non-hydrogen) atoms. The molecule has 2 rings (SSSR count). The van der Waals surface area contributed by atoms with Gasteiger partial charge in [0.15, 0.2) is 16.6 Å². The summed E-state index contributed by atoms with van der Waals surface area (Å²) in [6.45, 7) is 17.2. The first-order valence-electron chi connectivity index (χ1n) is 10.8. The zero-order valence-electron chi connectivity index (χ0n) is 20.7. The standard InChI is InChI=1S/2C11H19OSi.C2H4.2ClH.Zr/c2*1-13(2,3)12-10-6-9-11-7-4-5-8-11;1-2;;;/h2*4,7H,5-6,9-10H2,1-3H3;1H,2H3;2*1H;/q2*-1;;;;+2. The van der Waals surface area contributed by atoms with E-state index < -0.39 is 16.6 Å². The van der Waals surface area contributed by atoms with Crippen LogP contribution in [0.25, 0.3) is 0 Å². The van der Waals surface area contributed by atoms with E-state index in [1.165, 1.54) is 35.4 Å². The molecule has 0 saturated carbocycles. The van der Waals surface area contributed by atoms with Crippen LogP contribution in [0.1, 0.15) is 45.4 Å². The van der Waals surface area contributed by atoms with E-state index in [1.807, 2.05) is 6.92 Å². The Balaban J connectivity index is -0.000000424. The zero-order chi connectivity index (χ0) is 22.2. The molecule has 2 nitrogen and oxygen atoms in total. The van der Waals surface area contributed by atoms with E-state index in [-0.39, 0.29) is 24.8 Å². The Morgan fingerprint density at radius 1 is 0.806 bits per heavy atom. The molecular formula is C24H44Cl2O2Si2Zr. The monoisotopic (exact) mass is 580 g/mol. The summed E-state index contributed by atoms with van der Waals surface area (Å²) in [5.74, 6) is 0. The molecule has 0 amide bonds. The normalized spacial score (nSPS) is 14.2. The summed E-state index contributed by atoms with van der Waals surface area (Å²) in [6.07, 6.45) is 21.8. The molecule has 0 radical (unpaired) electrons. The first kappa shape index (κ1) is 36.2. The fraction of sp³-hybridized carbons (Fsp3) is 0.625. The van der Waals surface area contributed by atoms with Gasteiger partial charge in [-0.15, -0.1) is 37.7 Å². The van der Waals surface area contributed by atoms with E-state index in [1.54, 1.807) is 0 Å². The third-order valence-corrected chi connectivity index (χ3v) is 5.92. The van der Waals surface area contributed by atoms with Crippen LogP contribution >= 0.6 is 24.8 Å². The van der Waals surface area contributed by atoms with Crippen molar-refractivity contribution in [2.24, 2.45) is 0 Å². The van der Waals surface area contributed by atoms with Crippen LogP contribution < -0.4 is 0 Å². The van der Waals surface area contributed by atoms with E-state index in [4.69, 9.17) is 8.85 Å². The van der Waals surface area contributed by atoms with Gasteiger partial charge >= 0.3 is 34.9 Å². The third kappa shape index (κ3) is 26.8. The van der Waals surface area contributed by atoms with E-state index in [9.17, 15) is 0 Å². The van der Waals surface area contributed by atoms with Crippen LogP contribution in [0.4, 0.5) is 0 Å². The van der Waals surface area contributed by atoms with Gasteiger partial charge in [0.25, 0.3) is 0 Å². The molecule has 0 saturated heterocycles. The van der Waals surface area contributed by atoms with E-state index >= 15 is 0 Å². The van der Waals surface area contributed by atoms with Crippen molar-refractivity contribution in [1.82, 2.24) is 0 Å². The smallest absolute Gasteiger partial charge is 0.183 e. The van der Waals surface area contributed by atoms with Crippen LogP contribution in [-0.4, -0.2) is 33.6 Å². The van der Waals surface area contributed by atoms with Crippen LogP contribution in [0.2, 0.25) is 39.3 Å². The number of rotatable bonds is 10. The molecule has 0 aliphatic heterocycles. The molecule has 0 aromatic carbocycles. The Kier molecular flexibility index (Phi) is 24.8. The second-order valence-electron chi connectivity index (χ2n) is 9.03. The van der Waals surface area contributed by atoms with Crippen molar-refractivity contribution < 1.29 is 33.1 Å². The SMILES string of the molecule is C[CH]=[Zr+2].C[Si](C)(C)OCCCC1=[C-]CC=C1.C[Si](C)(C)OCCCC1=[C-]CC=C1.Cl.Cl. The van der Waals surface area contributed by atoms with Crippen molar-refractivity contribution in [1.29, 1.82) is 0 Å². The van der Waals surface area contributed by atoms with Crippen molar-refractivity contribution in [3.05, 3.63) is 47.6 Å². The summed E-state index contributed by atoms with van der Waals surface area (Å²) in [5, 5.41) is 0. The van der Waals surface area contributed by atoms with Gasteiger partial charge in [0.2, 0.25) is 0 Å². The molecule has 0 heterocycles. The Morgan fingerprint density at radius 3 is 1.35 bits per heavy atom. The number of halogens is 2. The van der Waals surface area contributed by atoms with E-state index in [0.717, 1.165) is 51.7 Å². The van der Waals surface area contributed by atoms with Crippen LogP contribution in [-0.2, 0) is 33.1 Å². The zero-order valence-corrected chi connectivity index (χ0v) is 26.8. The molecule has 0 aromatic rings. The fourth-order valence-corrected chi connectivity index (χ4v) is 4.04. The fourth-order valence-electron chi connectivity index (χ4n) is 2.53. The van der Waals surface area contributed by atoms with E-state index in [0.29, 0.717) is 0 Å². The molecule has 0 fully saturated rings. The molecule has 178 valence electrons. The van der Waals surface area contributed by atoms with Crippen LogP contribution in [0.3, 0.4) is 0 Å². The third-order valence-electron chi connectivity index (χ3n) is 3.78. The minimum atomic E-state index is -1.28. The summed E-state index contributed by atoms with van der Waals surface area (Å²) < 4.78 is 13.6. The second kappa shape index (κ2) is 21.2. The summed E-state index contributed by atoms with van der Waals surface area (Å²) in [5.41, 5.74) is 2.72. The van der Waals surface area contributed by atoms with Gasteiger partial charge in [-0.05, 0) is 52.1 Å². The van der Waals surface area contributed by atoms with Gasteiger partial charge in [-0.25, -0.2) is 23.3 Å². The molecule has 2 aliphatic rings. The predicted molar refractivity (Wildman–Crippen MR) is 144 cm³/mol. The van der Waals surface area contributed by atoms with E-state index in [2.05, 4.69) is 79.4 Å². The Hall–Kier alpha value is 0.647. The van der Waals surface area contributed by atoms with Crippen LogP contribution in [0, 0.1) is 12.2 Å². The summed E-state index contributed by atoms with van der Waals surface area (Å²) in [6, 6.07) is 0. The van der Waals surface area contributed by atoms with Crippen LogP contribution in [0.5, 0.6) is 0 Å². The Morgan fingerprint density at radius 2 is 1.13 bits per heavy atom. The molecule has 7 heteroatoms. The molecule has 0 aromatic heterocycles. The van der Waals surface area contributed by atoms with Gasteiger partial charge < -0.3 is 8.85 Å². The summed E-state index contributed by atoms with van der Waals surface area (Å²) in [7, 11) is -2.56. The van der Waals surface area contributed by atoms with Gasteiger partial charge in [0, 0.05) is 13.2 Å². The van der Waals surface area contributed by atoms with Gasteiger partial charge in [-0.3, -0.25) is 12.2 Å². The molecule has 0 unspecified atom stereocenters. The molecule has 0 bridgehead atoms. The predicted octanol–water partition coefficient (Wildman–Crippen LogP) is 7.81. The number of allylic oxidation sites excluding steroid dienone is 8. The van der Waals surface area contributed by atoms with Crippen molar-refractivity contribution in [3.8, 4) is 0 Å². The number of hydrogen-bond donors (Lipinski definition) is 0. The van der Waals surface area contributed by atoms with Gasteiger partial charge in [0.1, 0.15) is 0 Å². The van der Waals surface area contributed by atoms with Crippen molar-refractivity contribution in [2.45, 2.75) is 84.7 Å². The minimum absolute atomic E-state index is 0. The van der Waals surface area contributed by atoms with Crippen molar-refractivity contribution >= 4 is 45.2 Å². The average Bonchev–Trinajstić information content (AvgIpc) is 3.29.